The molecule has 0 spiro atoms. The van der Waals surface area contributed by atoms with Gasteiger partial charge < -0.3 is 20.9 Å². The van der Waals surface area contributed by atoms with Crippen molar-refractivity contribution in [3.8, 4) is 23.0 Å². The van der Waals surface area contributed by atoms with Gasteiger partial charge in [-0.2, -0.15) is 39.5 Å². The maximum atomic E-state index is 14.5. The Morgan fingerprint density at radius 1 is 0.462 bits per heavy atom. The normalized spacial score (nSPS) is 12.6. The van der Waals surface area contributed by atoms with Crippen molar-refractivity contribution in [1.29, 1.82) is 0 Å². The van der Waals surface area contributed by atoms with E-state index in [9.17, 15) is 61.5 Å². The van der Waals surface area contributed by atoms with Crippen LogP contribution in [0.1, 0.15) is 16.7 Å². The van der Waals surface area contributed by atoms with Crippen molar-refractivity contribution in [2.24, 2.45) is 0 Å². The molecular formula is C21H8F14N2O2. The van der Waals surface area contributed by atoms with Crippen molar-refractivity contribution in [1.82, 2.24) is 0 Å². The van der Waals surface area contributed by atoms with Gasteiger partial charge in [-0.05, 0) is 18.2 Å². The molecule has 0 amide bonds. The lowest BCUT2D eigenvalue weighted by atomic mass is 10.1. The molecule has 0 heterocycles. The van der Waals surface area contributed by atoms with Crippen LogP contribution in [0.2, 0.25) is 0 Å². The van der Waals surface area contributed by atoms with Crippen LogP contribution in [-0.2, 0) is 18.5 Å². The molecular weight excluding hydrogens is 578 g/mol. The van der Waals surface area contributed by atoms with Gasteiger partial charge in [0.25, 0.3) is 0 Å². The molecule has 0 bridgehead atoms. The molecule has 4 N–H and O–H groups in total. The lowest BCUT2D eigenvalue weighted by Gasteiger charge is -2.20. The third kappa shape index (κ3) is 5.68. The highest BCUT2D eigenvalue weighted by Crippen LogP contribution is 2.48. The fraction of sp³-hybridized carbons (Fsp3) is 0.143. The van der Waals surface area contributed by atoms with Crippen LogP contribution in [0.15, 0.2) is 24.3 Å². The second kappa shape index (κ2) is 9.57. The molecule has 18 heteroatoms. The van der Waals surface area contributed by atoms with Crippen LogP contribution in [-0.4, -0.2) is 0 Å². The van der Waals surface area contributed by atoms with Gasteiger partial charge in [0.2, 0.25) is 0 Å². The van der Waals surface area contributed by atoms with Crippen LogP contribution in [0.25, 0.3) is 0 Å². The predicted octanol–water partition coefficient (Wildman–Crippen LogP) is 8.19. The van der Waals surface area contributed by atoms with Crippen molar-refractivity contribution in [3.63, 3.8) is 0 Å². The van der Waals surface area contributed by atoms with Gasteiger partial charge in [0.05, 0.1) is 0 Å². The quantitative estimate of drug-likeness (QED) is 0.239. The predicted molar refractivity (Wildman–Crippen MR) is 103 cm³/mol. The van der Waals surface area contributed by atoms with Crippen molar-refractivity contribution in [2.45, 2.75) is 18.5 Å². The topological polar surface area (TPSA) is 70.5 Å². The number of anilines is 2. The maximum absolute atomic E-state index is 14.5. The lowest BCUT2D eigenvalue weighted by Crippen LogP contribution is -2.14. The van der Waals surface area contributed by atoms with Crippen LogP contribution in [0.4, 0.5) is 72.8 Å². The van der Waals surface area contributed by atoms with Crippen LogP contribution in [0.3, 0.4) is 0 Å². The summed E-state index contributed by atoms with van der Waals surface area (Å²) in [6.07, 6.45) is -16.9. The molecule has 39 heavy (non-hydrogen) atoms. The fourth-order valence-corrected chi connectivity index (χ4v) is 2.99. The zero-order valence-corrected chi connectivity index (χ0v) is 18.1. The monoisotopic (exact) mass is 586 g/mol. The molecule has 0 aliphatic carbocycles. The van der Waals surface area contributed by atoms with E-state index in [1.165, 1.54) is 0 Å². The number of alkyl halides is 9. The van der Waals surface area contributed by atoms with E-state index in [-0.39, 0.29) is 12.1 Å². The van der Waals surface area contributed by atoms with Crippen LogP contribution in [0.5, 0.6) is 23.0 Å². The summed E-state index contributed by atoms with van der Waals surface area (Å²) < 4.78 is 200. The second-order valence-corrected chi connectivity index (χ2v) is 7.40. The minimum absolute atomic E-state index is 0.309. The Morgan fingerprint density at radius 3 is 1.15 bits per heavy atom. The Hall–Kier alpha value is -4.12. The Balaban J connectivity index is 2.29. The van der Waals surface area contributed by atoms with Gasteiger partial charge in [-0.25, -0.2) is 22.0 Å². The molecule has 0 aliphatic heterocycles. The van der Waals surface area contributed by atoms with Crippen LogP contribution >= 0.6 is 0 Å². The average molecular weight is 586 g/mol. The highest BCUT2D eigenvalue weighted by atomic mass is 19.4. The van der Waals surface area contributed by atoms with E-state index in [1.807, 2.05) is 0 Å². The summed E-state index contributed by atoms with van der Waals surface area (Å²) in [4.78, 5) is 0. The number of halogens is 14. The molecule has 3 aromatic rings. The van der Waals surface area contributed by atoms with Crippen molar-refractivity contribution in [2.75, 3.05) is 11.5 Å². The average Bonchev–Trinajstić information content (AvgIpc) is 2.78. The van der Waals surface area contributed by atoms with Gasteiger partial charge in [-0.15, -0.1) is 0 Å². The first-order valence-corrected chi connectivity index (χ1v) is 9.60. The molecule has 3 rings (SSSR count). The molecule has 0 unspecified atom stereocenters. The highest BCUT2D eigenvalue weighted by molar-refractivity contribution is 5.57. The van der Waals surface area contributed by atoms with Gasteiger partial charge in [-0.3, -0.25) is 0 Å². The molecule has 0 saturated carbocycles. The van der Waals surface area contributed by atoms with Crippen LogP contribution < -0.4 is 20.9 Å². The molecule has 0 aliphatic rings. The molecule has 4 nitrogen and oxygen atoms in total. The Bertz CT molecular complexity index is 1450. The van der Waals surface area contributed by atoms with Crippen molar-refractivity contribution in [3.05, 3.63) is 70.0 Å². The number of nitrogen functional groups attached to an aromatic ring is 2. The Morgan fingerprint density at radius 2 is 0.795 bits per heavy atom. The van der Waals surface area contributed by atoms with Gasteiger partial charge in [0.15, 0.2) is 34.7 Å². The number of nitrogens with two attached hydrogens (primary N) is 2. The number of hydrogen-bond acceptors (Lipinski definition) is 4. The Kier molecular flexibility index (Phi) is 7.22. The minimum atomic E-state index is -5.67. The largest absolute Gasteiger partial charge is 0.453 e. The summed E-state index contributed by atoms with van der Waals surface area (Å²) in [5, 5.41) is 0. The van der Waals surface area contributed by atoms with E-state index in [1.54, 1.807) is 0 Å². The molecule has 0 saturated heterocycles. The van der Waals surface area contributed by atoms with E-state index < -0.39 is 111 Å². The zero-order valence-electron chi connectivity index (χ0n) is 18.1. The zero-order chi connectivity index (χ0) is 29.8. The van der Waals surface area contributed by atoms with Gasteiger partial charge >= 0.3 is 18.5 Å². The number of ether oxygens (including phenoxy) is 2. The summed E-state index contributed by atoms with van der Waals surface area (Å²) in [7, 11) is 0. The first kappa shape index (κ1) is 29.4. The highest BCUT2D eigenvalue weighted by Gasteiger charge is 2.42. The van der Waals surface area contributed by atoms with Crippen LogP contribution in [0, 0.1) is 29.1 Å². The van der Waals surface area contributed by atoms with Crippen molar-refractivity contribution < 1.29 is 70.9 Å². The summed E-state index contributed by atoms with van der Waals surface area (Å²) >= 11 is 0. The smallest absolute Gasteiger partial charge is 0.420 e. The first-order valence-electron chi connectivity index (χ1n) is 9.60. The van der Waals surface area contributed by atoms with Gasteiger partial charge in [0, 0.05) is 6.07 Å². The third-order valence-corrected chi connectivity index (χ3v) is 4.79. The van der Waals surface area contributed by atoms with Gasteiger partial charge in [0.1, 0.15) is 45.4 Å². The summed E-state index contributed by atoms with van der Waals surface area (Å²) in [6, 6.07) is -1.69. The maximum Gasteiger partial charge on any atom is 0.420 e. The first-order chi connectivity index (χ1) is 17.6. The fourth-order valence-electron chi connectivity index (χ4n) is 2.99. The van der Waals surface area contributed by atoms with E-state index in [0.29, 0.717) is 0 Å². The van der Waals surface area contributed by atoms with E-state index >= 15 is 0 Å². The number of hydrogen-bond donors (Lipinski definition) is 2. The number of rotatable bonds is 4. The SMILES string of the molecule is Nc1c(F)cc(C(F)(F)F)c(Oc2cc(Oc3c(C(F)(F)F)cc(F)c(N)c3F)c(C(F)(F)F)cc2F)c1F. The summed E-state index contributed by atoms with van der Waals surface area (Å²) in [6.45, 7) is 0. The minimum Gasteiger partial charge on any atom is -0.453 e. The summed E-state index contributed by atoms with van der Waals surface area (Å²) in [5.41, 5.74) is -0.194. The molecule has 0 atom stereocenters. The molecule has 0 aromatic heterocycles. The van der Waals surface area contributed by atoms with E-state index in [4.69, 9.17) is 11.5 Å². The molecule has 0 fully saturated rings. The Labute approximate surface area is 206 Å². The molecule has 212 valence electrons. The van der Waals surface area contributed by atoms with E-state index in [2.05, 4.69) is 9.47 Å². The van der Waals surface area contributed by atoms with E-state index in [0.717, 1.165) is 0 Å². The molecule has 3 aromatic carbocycles. The second-order valence-electron chi connectivity index (χ2n) is 7.40. The number of benzene rings is 3. The standard InChI is InChI=1S/C21H8F14N2O2/c22-8-1-5(19(27,28)29)11(38-17-6(20(30,31)32)2-9(23)15(36)13(17)25)4-12(8)39-18-7(21(33,34)35)3-10(24)16(37)14(18)26/h1-4H,36-37H2. The lowest BCUT2D eigenvalue weighted by molar-refractivity contribution is -0.140. The third-order valence-electron chi connectivity index (χ3n) is 4.79. The summed E-state index contributed by atoms with van der Waals surface area (Å²) in [5.74, 6) is -18.6. The molecule has 0 radical (unpaired) electrons. The van der Waals surface area contributed by atoms with Gasteiger partial charge in [-0.1, -0.05) is 0 Å². The van der Waals surface area contributed by atoms with Crippen molar-refractivity contribution >= 4 is 11.4 Å².